The molecule has 0 saturated carbocycles. The summed E-state index contributed by atoms with van der Waals surface area (Å²) in [5.74, 6) is 5.57. The van der Waals surface area contributed by atoms with Gasteiger partial charge in [-0.15, -0.1) is 0 Å². The van der Waals surface area contributed by atoms with Crippen LogP contribution in [0.5, 0.6) is 5.75 Å². The first kappa shape index (κ1) is 13.5. The van der Waals surface area contributed by atoms with E-state index < -0.39 is 5.91 Å². The molecule has 0 radical (unpaired) electrons. The van der Waals surface area contributed by atoms with Crippen LogP contribution in [0.15, 0.2) is 34.9 Å². The molecule has 1 aromatic carbocycles. The van der Waals surface area contributed by atoms with Crippen LogP contribution in [0.3, 0.4) is 0 Å². The third kappa shape index (κ3) is 3.07. The minimum absolute atomic E-state index is 0.0958. The molecule has 5 nitrogen and oxygen atoms in total. The van der Waals surface area contributed by atoms with Gasteiger partial charge in [0, 0.05) is 0 Å². The molecule has 0 atom stereocenters. The van der Waals surface area contributed by atoms with Crippen molar-refractivity contribution < 1.29 is 13.9 Å². The van der Waals surface area contributed by atoms with Crippen LogP contribution < -0.4 is 16.0 Å². The number of nitrogens with two attached hydrogens (primary N) is 1. The van der Waals surface area contributed by atoms with Gasteiger partial charge in [-0.2, -0.15) is 0 Å². The zero-order valence-electron chi connectivity index (χ0n) is 10.3. The average Bonchev–Trinajstić information content (AvgIpc) is 2.85. The van der Waals surface area contributed by atoms with Crippen LogP contribution in [0, 0.1) is 6.92 Å². The topological polar surface area (TPSA) is 77.5 Å². The fourth-order valence-corrected chi connectivity index (χ4v) is 1.89. The number of ether oxygens (including phenoxy) is 1. The quantitative estimate of drug-likeness (QED) is 0.512. The largest absolute Gasteiger partial charge is 0.484 e. The summed E-state index contributed by atoms with van der Waals surface area (Å²) in [4.78, 5) is 11.4. The molecule has 1 heterocycles. The lowest BCUT2D eigenvalue weighted by Gasteiger charge is -2.08. The molecule has 1 aromatic heterocycles. The first-order valence-corrected chi connectivity index (χ1v) is 5.96. The summed E-state index contributed by atoms with van der Waals surface area (Å²) in [6.45, 7) is 2.03. The Morgan fingerprint density at radius 2 is 2.26 bits per heavy atom. The highest BCUT2D eigenvalue weighted by atomic mass is 35.5. The summed E-state index contributed by atoms with van der Waals surface area (Å²) in [5.41, 5.74) is 3.42. The number of carbonyl (C=O) groups is 1. The van der Waals surface area contributed by atoms with Crippen LogP contribution in [-0.4, -0.2) is 5.91 Å². The Kier molecular flexibility index (Phi) is 4.09. The van der Waals surface area contributed by atoms with Crippen LogP contribution in [0.25, 0.3) is 0 Å². The van der Waals surface area contributed by atoms with Gasteiger partial charge in [0.2, 0.25) is 0 Å². The molecule has 100 valence electrons. The molecule has 0 spiro atoms. The maximum atomic E-state index is 11.4. The van der Waals surface area contributed by atoms with E-state index in [4.69, 9.17) is 26.6 Å². The number of halogens is 1. The monoisotopic (exact) mass is 280 g/mol. The second-order valence-corrected chi connectivity index (χ2v) is 4.36. The number of nitrogens with one attached hydrogen (secondary N) is 1. The predicted octanol–water partition coefficient (Wildman–Crippen LogP) is 2.42. The highest BCUT2D eigenvalue weighted by Crippen LogP contribution is 2.26. The van der Waals surface area contributed by atoms with Crippen molar-refractivity contribution in [2.75, 3.05) is 0 Å². The molecular weight excluding hydrogens is 268 g/mol. The van der Waals surface area contributed by atoms with Crippen LogP contribution in [0.1, 0.15) is 21.7 Å². The van der Waals surface area contributed by atoms with Gasteiger partial charge in [-0.05, 0) is 30.7 Å². The van der Waals surface area contributed by atoms with Gasteiger partial charge in [0.05, 0.1) is 16.8 Å². The lowest BCUT2D eigenvalue weighted by molar-refractivity contribution is 0.0949. The van der Waals surface area contributed by atoms with E-state index >= 15 is 0 Å². The molecule has 0 fully saturated rings. The molecule has 2 rings (SSSR count). The zero-order chi connectivity index (χ0) is 13.8. The Bertz CT molecular complexity index is 595. The van der Waals surface area contributed by atoms with Crippen molar-refractivity contribution in [1.29, 1.82) is 0 Å². The average molecular weight is 281 g/mol. The summed E-state index contributed by atoms with van der Waals surface area (Å²) in [7, 11) is 0. The lowest BCUT2D eigenvalue weighted by atomic mass is 10.2. The Balaban J connectivity index is 2.10. The molecule has 0 saturated heterocycles. The van der Waals surface area contributed by atoms with Crippen LogP contribution in [-0.2, 0) is 6.61 Å². The van der Waals surface area contributed by atoms with Crippen molar-refractivity contribution in [2.24, 2.45) is 5.84 Å². The van der Waals surface area contributed by atoms with E-state index in [1.54, 1.807) is 12.1 Å². The van der Waals surface area contributed by atoms with Gasteiger partial charge >= 0.3 is 0 Å². The van der Waals surface area contributed by atoms with Crippen molar-refractivity contribution in [3.05, 3.63) is 52.4 Å². The molecule has 0 unspecified atom stereocenters. The molecule has 0 aliphatic heterocycles. The number of benzene rings is 1. The summed E-state index contributed by atoms with van der Waals surface area (Å²) >= 11 is 6.04. The number of carbonyl (C=O) groups excluding carboxylic acids is 1. The van der Waals surface area contributed by atoms with Gasteiger partial charge in [0.1, 0.15) is 12.4 Å². The smallest absolute Gasteiger partial charge is 0.268 e. The Hall–Kier alpha value is -1.98. The van der Waals surface area contributed by atoms with Crippen LogP contribution in [0.2, 0.25) is 5.02 Å². The first-order chi connectivity index (χ1) is 9.11. The summed E-state index contributed by atoms with van der Waals surface area (Å²) in [6, 6.07) is 6.98. The van der Waals surface area contributed by atoms with Crippen molar-refractivity contribution >= 4 is 17.5 Å². The van der Waals surface area contributed by atoms with Crippen molar-refractivity contribution in [1.82, 2.24) is 5.43 Å². The Morgan fingerprint density at radius 1 is 1.47 bits per heavy atom. The van der Waals surface area contributed by atoms with Gasteiger partial charge in [-0.3, -0.25) is 10.2 Å². The number of hydrazine groups is 1. The number of aryl methyl sites for hydroxylation is 1. The summed E-state index contributed by atoms with van der Waals surface area (Å²) in [5, 5.41) is 0.511. The molecule has 0 bridgehead atoms. The minimum atomic E-state index is -0.428. The molecule has 0 aliphatic carbocycles. The Labute approximate surface area is 115 Å². The van der Waals surface area contributed by atoms with Gasteiger partial charge in [0.15, 0.2) is 5.76 Å². The van der Waals surface area contributed by atoms with E-state index in [0.29, 0.717) is 22.1 Å². The predicted molar refractivity (Wildman–Crippen MR) is 70.9 cm³/mol. The number of hydrogen-bond donors (Lipinski definition) is 2. The number of nitrogen functional groups attached to an aromatic ring is 1. The van der Waals surface area contributed by atoms with Crippen molar-refractivity contribution in [3.63, 3.8) is 0 Å². The second-order valence-electron chi connectivity index (χ2n) is 3.95. The fourth-order valence-electron chi connectivity index (χ4n) is 1.60. The van der Waals surface area contributed by atoms with Gasteiger partial charge in [-0.1, -0.05) is 17.7 Å². The number of furan rings is 1. The van der Waals surface area contributed by atoms with Crippen LogP contribution in [0.4, 0.5) is 0 Å². The van der Waals surface area contributed by atoms with Crippen LogP contribution >= 0.6 is 11.6 Å². The SMILES string of the molecule is Cc1ccc(OCc2occc2C(=O)NN)c(Cl)c1. The molecular formula is C13H13ClN2O3. The Morgan fingerprint density at radius 3 is 2.95 bits per heavy atom. The molecule has 0 aliphatic rings. The number of rotatable bonds is 4. The van der Waals surface area contributed by atoms with E-state index in [1.165, 1.54) is 12.3 Å². The summed E-state index contributed by atoms with van der Waals surface area (Å²) < 4.78 is 10.7. The molecule has 2 aromatic rings. The van der Waals surface area contributed by atoms with Crippen molar-refractivity contribution in [3.8, 4) is 5.75 Å². The third-order valence-electron chi connectivity index (χ3n) is 2.57. The lowest BCUT2D eigenvalue weighted by Crippen LogP contribution is -2.30. The van der Waals surface area contributed by atoms with Gasteiger partial charge < -0.3 is 9.15 Å². The molecule has 3 N–H and O–H groups in total. The van der Waals surface area contributed by atoms with E-state index in [0.717, 1.165) is 5.56 Å². The highest BCUT2D eigenvalue weighted by molar-refractivity contribution is 6.32. The normalized spacial score (nSPS) is 10.3. The summed E-state index contributed by atoms with van der Waals surface area (Å²) in [6.07, 6.45) is 1.40. The fraction of sp³-hybridized carbons (Fsp3) is 0.154. The van der Waals surface area contributed by atoms with Crippen molar-refractivity contribution in [2.45, 2.75) is 13.5 Å². The third-order valence-corrected chi connectivity index (χ3v) is 2.86. The number of amides is 1. The number of hydrogen-bond acceptors (Lipinski definition) is 4. The van der Waals surface area contributed by atoms with Gasteiger partial charge in [0.25, 0.3) is 5.91 Å². The van der Waals surface area contributed by atoms with Gasteiger partial charge in [-0.25, -0.2) is 5.84 Å². The van der Waals surface area contributed by atoms with E-state index in [2.05, 4.69) is 0 Å². The van der Waals surface area contributed by atoms with E-state index in [1.807, 2.05) is 18.4 Å². The minimum Gasteiger partial charge on any atom is -0.484 e. The highest BCUT2D eigenvalue weighted by Gasteiger charge is 2.14. The second kappa shape index (κ2) is 5.77. The maximum Gasteiger partial charge on any atom is 0.268 e. The molecule has 1 amide bonds. The van der Waals surface area contributed by atoms with E-state index in [-0.39, 0.29) is 6.61 Å². The first-order valence-electron chi connectivity index (χ1n) is 5.58. The van der Waals surface area contributed by atoms with E-state index in [9.17, 15) is 4.79 Å². The molecule has 6 heteroatoms. The molecule has 19 heavy (non-hydrogen) atoms. The maximum absolute atomic E-state index is 11.4. The standard InChI is InChI=1S/C13H13ClN2O3/c1-8-2-3-11(10(14)6-8)19-7-12-9(4-5-18-12)13(17)16-15/h2-6H,7,15H2,1H3,(H,16,17). The zero-order valence-corrected chi connectivity index (χ0v) is 11.0.